The highest BCUT2D eigenvalue weighted by molar-refractivity contribution is 6.30. The highest BCUT2D eigenvalue weighted by atomic mass is 35.5. The van der Waals surface area contributed by atoms with Crippen molar-refractivity contribution in [3.63, 3.8) is 0 Å². The molecule has 0 radical (unpaired) electrons. The fourth-order valence-electron chi connectivity index (χ4n) is 6.30. The number of hydrogen-bond donors (Lipinski definition) is 0. The van der Waals surface area contributed by atoms with E-state index in [0.29, 0.717) is 23.0 Å². The van der Waals surface area contributed by atoms with Gasteiger partial charge >= 0.3 is 0 Å². The minimum atomic E-state index is -0.648. The fourth-order valence-corrected chi connectivity index (χ4v) is 6.43. The average molecular weight is 470 g/mol. The zero-order valence-corrected chi connectivity index (χ0v) is 19.6. The predicted molar refractivity (Wildman–Crippen MR) is 123 cm³/mol. The van der Waals surface area contributed by atoms with Gasteiger partial charge in [-0.15, -0.1) is 0 Å². The smallest absolute Gasteiger partial charge is 0.231 e. The van der Waals surface area contributed by atoms with Crippen LogP contribution in [0.15, 0.2) is 36.4 Å². The van der Waals surface area contributed by atoms with Crippen LogP contribution in [-0.2, 0) is 16.0 Å². The first kappa shape index (κ1) is 21.4. The Balaban J connectivity index is 1.42. The number of hydrogen-bond acceptors (Lipinski definition) is 6. The first-order valence-electron chi connectivity index (χ1n) is 11.6. The molecule has 1 saturated carbocycles. The van der Waals surface area contributed by atoms with Crippen molar-refractivity contribution in [1.82, 2.24) is 4.90 Å². The Morgan fingerprint density at radius 3 is 2.64 bits per heavy atom. The van der Waals surface area contributed by atoms with Gasteiger partial charge in [-0.25, -0.2) is 0 Å². The van der Waals surface area contributed by atoms with Crippen molar-refractivity contribution < 1.29 is 23.7 Å². The Labute approximate surface area is 198 Å². The Hall–Kier alpha value is -2.12. The number of likely N-dealkylation sites (tertiary alicyclic amines) is 1. The Morgan fingerprint density at radius 2 is 1.88 bits per heavy atom. The maximum Gasteiger partial charge on any atom is 0.231 e. The second kappa shape index (κ2) is 7.98. The van der Waals surface area contributed by atoms with Crippen LogP contribution in [0.3, 0.4) is 0 Å². The molecule has 1 aliphatic carbocycles. The van der Waals surface area contributed by atoms with Gasteiger partial charge in [0.1, 0.15) is 6.29 Å². The molecule has 5 atom stereocenters. The van der Waals surface area contributed by atoms with Gasteiger partial charge in [-0.2, -0.15) is 0 Å². The number of carbonyl (C=O) groups is 1. The number of nitrogens with zero attached hydrogens (tertiary/aromatic N) is 1. The van der Waals surface area contributed by atoms with E-state index in [1.165, 1.54) is 5.56 Å². The second-order valence-corrected chi connectivity index (χ2v) is 10.4. The first-order valence-corrected chi connectivity index (χ1v) is 12.0. The molecule has 7 heteroatoms. The monoisotopic (exact) mass is 469 g/mol. The van der Waals surface area contributed by atoms with Crippen LogP contribution >= 0.6 is 11.6 Å². The molecular formula is C26H28ClNO5. The molecular weight excluding hydrogens is 442 g/mol. The molecule has 0 spiro atoms. The van der Waals surface area contributed by atoms with Crippen molar-refractivity contribution in [3.8, 4) is 11.5 Å². The van der Waals surface area contributed by atoms with Gasteiger partial charge in [-0.1, -0.05) is 23.7 Å². The summed E-state index contributed by atoms with van der Waals surface area (Å²) in [7, 11) is 0. The number of fused-ring (bicyclic) bond motifs is 3. The number of ether oxygens (including phenoxy) is 4. The van der Waals surface area contributed by atoms with Gasteiger partial charge in [0.15, 0.2) is 17.3 Å². The lowest BCUT2D eigenvalue weighted by molar-refractivity contribution is -0.147. The van der Waals surface area contributed by atoms with E-state index in [9.17, 15) is 4.79 Å². The number of carbonyl (C=O) groups excluding carboxylic acids is 1. The third-order valence-electron chi connectivity index (χ3n) is 7.53. The Bertz CT molecular complexity index is 1070. The molecule has 1 unspecified atom stereocenters. The summed E-state index contributed by atoms with van der Waals surface area (Å²) in [5.74, 6) is 1.11. The third-order valence-corrected chi connectivity index (χ3v) is 7.79. The molecule has 2 saturated heterocycles. The van der Waals surface area contributed by atoms with Gasteiger partial charge in [0.25, 0.3) is 0 Å². The molecule has 3 heterocycles. The van der Waals surface area contributed by atoms with Crippen LogP contribution in [0, 0.1) is 5.92 Å². The van der Waals surface area contributed by atoms with Crippen LogP contribution in [0.4, 0.5) is 0 Å². The van der Waals surface area contributed by atoms with Crippen molar-refractivity contribution in [2.75, 3.05) is 13.3 Å². The lowest BCUT2D eigenvalue weighted by Crippen LogP contribution is -2.50. The molecule has 6 nitrogen and oxygen atoms in total. The van der Waals surface area contributed by atoms with Crippen LogP contribution in [0.5, 0.6) is 11.5 Å². The van der Waals surface area contributed by atoms with E-state index in [2.05, 4.69) is 17.0 Å². The zero-order valence-electron chi connectivity index (χ0n) is 18.8. The number of rotatable bonds is 4. The fraction of sp³-hybridized carbons (Fsp3) is 0.500. The van der Waals surface area contributed by atoms with Crippen LogP contribution in [0.25, 0.3) is 0 Å². The zero-order chi connectivity index (χ0) is 22.7. The van der Waals surface area contributed by atoms with Gasteiger partial charge in [0.05, 0.1) is 12.2 Å². The van der Waals surface area contributed by atoms with Crippen LogP contribution in [0.2, 0.25) is 5.02 Å². The average Bonchev–Trinajstić information content (AvgIpc) is 3.48. The summed E-state index contributed by atoms with van der Waals surface area (Å²) in [4.78, 5) is 14.7. The minimum absolute atomic E-state index is 0.00616. The van der Waals surface area contributed by atoms with E-state index in [-0.39, 0.29) is 31.0 Å². The number of halogens is 1. The molecule has 0 aromatic heterocycles. The molecule has 174 valence electrons. The predicted octanol–water partition coefficient (Wildman–Crippen LogP) is 4.78. The summed E-state index contributed by atoms with van der Waals surface area (Å²) in [6, 6.07) is 12.1. The lowest BCUT2D eigenvalue weighted by Gasteiger charge is -2.44. The molecule has 0 amide bonds. The first-order chi connectivity index (χ1) is 15.9. The third kappa shape index (κ3) is 3.73. The quantitative estimate of drug-likeness (QED) is 0.601. The molecule has 2 aromatic carbocycles. The topological polar surface area (TPSA) is 57.2 Å². The van der Waals surface area contributed by atoms with Crippen LogP contribution in [-0.4, -0.2) is 48.6 Å². The van der Waals surface area contributed by atoms with Gasteiger partial charge in [0.2, 0.25) is 6.79 Å². The van der Waals surface area contributed by atoms with Gasteiger partial charge < -0.3 is 18.9 Å². The standard InChI is InChI=1S/C26H28ClNO5/c1-26(2)32-22-9-16-7-8-28(12-15-3-5-18(27)6-4-15)24(16)23(25(22)33-26)19-11-21-20(30-14-31-21)10-17(19)13-29/h3-6,10-11,13,16,22-25H,7-9,12,14H2,1-2H3/t16-,22?,23+,24-,25+/m1/s1. The largest absolute Gasteiger partial charge is 0.454 e. The minimum Gasteiger partial charge on any atom is -0.454 e. The Morgan fingerprint density at radius 1 is 1.12 bits per heavy atom. The lowest BCUT2D eigenvalue weighted by atomic mass is 9.70. The molecule has 0 N–H and O–H groups in total. The molecule has 33 heavy (non-hydrogen) atoms. The van der Waals surface area contributed by atoms with E-state index in [1.807, 2.05) is 38.1 Å². The van der Waals surface area contributed by atoms with Crippen molar-refractivity contribution in [2.45, 2.75) is 63.2 Å². The van der Waals surface area contributed by atoms with Crippen molar-refractivity contribution in [3.05, 3.63) is 58.1 Å². The highest BCUT2D eigenvalue weighted by Crippen LogP contribution is 2.53. The van der Waals surface area contributed by atoms with E-state index in [4.69, 9.17) is 30.5 Å². The normalized spacial score (nSPS) is 31.9. The second-order valence-electron chi connectivity index (χ2n) is 9.99. The SMILES string of the molecule is CC1(C)OC2C[C@H]3CCN(Cc4ccc(Cl)cc4)[C@H]3[C@H](c3cc4c(cc3C=O)OCO4)[C@H]2O1. The Kier molecular flexibility index (Phi) is 5.18. The van der Waals surface area contributed by atoms with Crippen molar-refractivity contribution in [1.29, 1.82) is 0 Å². The summed E-state index contributed by atoms with van der Waals surface area (Å²) in [6.07, 6.45) is 2.86. The van der Waals surface area contributed by atoms with Crippen molar-refractivity contribution in [2.24, 2.45) is 5.92 Å². The maximum absolute atomic E-state index is 12.2. The molecule has 2 aromatic rings. The van der Waals surface area contributed by atoms with E-state index >= 15 is 0 Å². The van der Waals surface area contributed by atoms with Crippen molar-refractivity contribution >= 4 is 17.9 Å². The number of aldehydes is 1. The molecule has 4 aliphatic rings. The van der Waals surface area contributed by atoms with Crippen LogP contribution < -0.4 is 9.47 Å². The van der Waals surface area contributed by atoms with Gasteiger partial charge in [0, 0.05) is 29.1 Å². The van der Waals surface area contributed by atoms with E-state index in [1.54, 1.807) is 0 Å². The summed E-state index contributed by atoms with van der Waals surface area (Å²) >= 11 is 6.11. The summed E-state index contributed by atoms with van der Waals surface area (Å²) < 4.78 is 24.1. The van der Waals surface area contributed by atoms with E-state index in [0.717, 1.165) is 42.8 Å². The van der Waals surface area contributed by atoms with Gasteiger partial charge in [-0.3, -0.25) is 9.69 Å². The summed E-state index contributed by atoms with van der Waals surface area (Å²) in [6.45, 7) is 5.96. The molecule has 6 rings (SSSR count). The molecule has 0 bridgehead atoms. The molecule has 3 fully saturated rings. The van der Waals surface area contributed by atoms with Crippen LogP contribution in [0.1, 0.15) is 54.1 Å². The number of benzene rings is 2. The summed E-state index contributed by atoms with van der Waals surface area (Å²) in [5, 5.41) is 0.742. The summed E-state index contributed by atoms with van der Waals surface area (Å²) in [5.41, 5.74) is 2.82. The molecule has 3 aliphatic heterocycles. The van der Waals surface area contributed by atoms with E-state index < -0.39 is 5.79 Å². The maximum atomic E-state index is 12.2. The van der Waals surface area contributed by atoms with Gasteiger partial charge in [-0.05, 0) is 74.5 Å². The highest BCUT2D eigenvalue weighted by Gasteiger charge is 2.57.